The normalized spacial score (nSPS) is 11.5. The van der Waals surface area contributed by atoms with Crippen LogP contribution in [0.4, 0.5) is 5.69 Å². The van der Waals surface area contributed by atoms with E-state index in [1.165, 1.54) is 23.0 Å². The summed E-state index contributed by atoms with van der Waals surface area (Å²) in [4.78, 5) is 10.6. The standard InChI is InChI=1S/C12H13N3O4S/c1-3-11-12(15(16)17)8-13-14(11)9-4-6-10(7-5-9)20(2,18)19/h4-8H,3H2,1-2H3. The molecule has 1 heterocycles. The lowest BCUT2D eigenvalue weighted by Gasteiger charge is -2.06. The van der Waals surface area contributed by atoms with Crippen LogP contribution < -0.4 is 0 Å². The van der Waals surface area contributed by atoms with Gasteiger partial charge in [-0.15, -0.1) is 0 Å². The molecule has 0 unspecified atom stereocenters. The average Bonchev–Trinajstić information content (AvgIpc) is 2.81. The zero-order valence-electron chi connectivity index (χ0n) is 11.0. The van der Waals surface area contributed by atoms with Crippen molar-refractivity contribution in [2.24, 2.45) is 0 Å². The van der Waals surface area contributed by atoms with Crippen molar-refractivity contribution in [3.05, 3.63) is 46.3 Å². The van der Waals surface area contributed by atoms with Crippen LogP contribution in [-0.2, 0) is 16.3 Å². The van der Waals surface area contributed by atoms with Gasteiger partial charge in [-0.3, -0.25) is 10.1 Å². The summed E-state index contributed by atoms with van der Waals surface area (Å²) in [6, 6.07) is 6.06. The van der Waals surface area contributed by atoms with Gasteiger partial charge in [0, 0.05) is 6.26 Å². The molecular weight excluding hydrogens is 282 g/mol. The molecule has 0 aliphatic rings. The average molecular weight is 295 g/mol. The van der Waals surface area contributed by atoms with Gasteiger partial charge in [0.1, 0.15) is 11.9 Å². The molecular formula is C12H13N3O4S. The molecule has 8 heteroatoms. The van der Waals surface area contributed by atoms with E-state index in [0.717, 1.165) is 6.26 Å². The fraction of sp³-hybridized carbons (Fsp3) is 0.250. The predicted molar refractivity (Wildman–Crippen MR) is 72.7 cm³/mol. The molecule has 0 saturated carbocycles. The third-order valence-corrected chi connectivity index (χ3v) is 4.02. The maximum Gasteiger partial charge on any atom is 0.310 e. The SMILES string of the molecule is CCc1c([N+](=O)[O-])cnn1-c1ccc(S(C)(=O)=O)cc1. The monoisotopic (exact) mass is 295 g/mol. The molecule has 2 aromatic rings. The van der Waals surface area contributed by atoms with Crippen molar-refractivity contribution in [2.45, 2.75) is 18.2 Å². The first-order valence-corrected chi connectivity index (χ1v) is 7.75. The van der Waals surface area contributed by atoms with Gasteiger partial charge in [-0.25, -0.2) is 13.1 Å². The highest BCUT2D eigenvalue weighted by molar-refractivity contribution is 7.90. The maximum absolute atomic E-state index is 11.4. The number of sulfone groups is 1. The Labute approximate surface area is 115 Å². The zero-order valence-corrected chi connectivity index (χ0v) is 11.8. The Bertz CT molecular complexity index is 748. The van der Waals surface area contributed by atoms with Crippen molar-refractivity contribution in [1.82, 2.24) is 9.78 Å². The van der Waals surface area contributed by atoms with Crippen molar-refractivity contribution in [3.8, 4) is 5.69 Å². The highest BCUT2D eigenvalue weighted by Crippen LogP contribution is 2.22. The van der Waals surface area contributed by atoms with Crippen molar-refractivity contribution in [3.63, 3.8) is 0 Å². The Balaban J connectivity index is 2.50. The first-order chi connectivity index (χ1) is 9.34. The lowest BCUT2D eigenvalue weighted by Crippen LogP contribution is -2.04. The van der Waals surface area contributed by atoms with E-state index in [1.807, 2.05) is 0 Å². The number of nitro groups is 1. The minimum Gasteiger partial charge on any atom is -0.258 e. The first kappa shape index (κ1) is 14.2. The summed E-state index contributed by atoms with van der Waals surface area (Å²) in [6.07, 6.45) is 2.77. The number of benzene rings is 1. The summed E-state index contributed by atoms with van der Waals surface area (Å²) in [6.45, 7) is 1.80. The van der Waals surface area contributed by atoms with Crippen molar-refractivity contribution < 1.29 is 13.3 Å². The molecule has 0 bridgehead atoms. The summed E-state index contributed by atoms with van der Waals surface area (Å²) >= 11 is 0. The first-order valence-electron chi connectivity index (χ1n) is 5.86. The van der Waals surface area contributed by atoms with E-state index in [-0.39, 0.29) is 10.6 Å². The van der Waals surface area contributed by atoms with Gasteiger partial charge in [-0.05, 0) is 30.7 Å². The lowest BCUT2D eigenvalue weighted by molar-refractivity contribution is -0.385. The van der Waals surface area contributed by atoms with E-state index in [2.05, 4.69) is 5.10 Å². The zero-order chi connectivity index (χ0) is 14.9. The lowest BCUT2D eigenvalue weighted by atomic mass is 10.2. The molecule has 0 aliphatic heterocycles. The summed E-state index contributed by atoms with van der Waals surface area (Å²) in [5, 5.41) is 14.9. The number of aromatic nitrogens is 2. The van der Waals surface area contributed by atoms with E-state index in [9.17, 15) is 18.5 Å². The van der Waals surface area contributed by atoms with Gasteiger partial charge in [0.05, 0.1) is 15.5 Å². The van der Waals surface area contributed by atoms with E-state index in [0.29, 0.717) is 17.8 Å². The number of nitrogens with zero attached hydrogens (tertiary/aromatic N) is 3. The van der Waals surface area contributed by atoms with Crippen LogP contribution in [0.15, 0.2) is 35.4 Å². The summed E-state index contributed by atoms with van der Waals surface area (Å²) in [5.41, 5.74) is 1.02. The largest absolute Gasteiger partial charge is 0.310 e. The highest BCUT2D eigenvalue weighted by Gasteiger charge is 2.19. The second-order valence-electron chi connectivity index (χ2n) is 4.27. The molecule has 20 heavy (non-hydrogen) atoms. The molecule has 0 fully saturated rings. The second-order valence-corrected chi connectivity index (χ2v) is 6.28. The van der Waals surface area contributed by atoms with E-state index >= 15 is 0 Å². The molecule has 0 saturated heterocycles. The molecule has 1 aromatic heterocycles. The van der Waals surface area contributed by atoms with Crippen LogP contribution in [0.5, 0.6) is 0 Å². The molecule has 0 amide bonds. The van der Waals surface area contributed by atoms with Crippen LogP contribution in [0, 0.1) is 10.1 Å². The second kappa shape index (κ2) is 5.04. The van der Waals surface area contributed by atoms with Crippen molar-refractivity contribution in [1.29, 1.82) is 0 Å². The minimum atomic E-state index is -3.26. The third kappa shape index (κ3) is 2.55. The molecule has 7 nitrogen and oxygen atoms in total. The predicted octanol–water partition coefficient (Wildman–Crippen LogP) is 1.75. The number of hydrogen-bond acceptors (Lipinski definition) is 5. The van der Waals surface area contributed by atoms with Gasteiger partial charge >= 0.3 is 5.69 Å². The topological polar surface area (TPSA) is 95.1 Å². The summed E-state index contributed by atoms with van der Waals surface area (Å²) < 4.78 is 24.2. The molecule has 0 aliphatic carbocycles. The van der Waals surface area contributed by atoms with Gasteiger partial charge in [0.15, 0.2) is 9.84 Å². The minimum absolute atomic E-state index is 0.0420. The number of rotatable bonds is 4. The fourth-order valence-electron chi connectivity index (χ4n) is 1.91. The van der Waals surface area contributed by atoms with Crippen LogP contribution >= 0.6 is 0 Å². The smallest absolute Gasteiger partial charge is 0.258 e. The molecule has 0 atom stereocenters. The summed E-state index contributed by atoms with van der Waals surface area (Å²) in [7, 11) is -3.26. The van der Waals surface area contributed by atoms with Crippen LogP contribution in [0.2, 0.25) is 0 Å². The number of hydrogen-bond donors (Lipinski definition) is 0. The van der Waals surface area contributed by atoms with E-state index in [4.69, 9.17) is 0 Å². The van der Waals surface area contributed by atoms with Gasteiger partial charge in [-0.2, -0.15) is 5.10 Å². The van der Waals surface area contributed by atoms with Gasteiger partial charge in [0.25, 0.3) is 0 Å². The van der Waals surface area contributed by atoms with E-state index in [1.54, 1.807) is 19.1 Å². The maximum atomic E-state index is 11.4. The van der Waals surface area contributed by atoms with Crippen molar-refractivity contribution in [2.75, 3.05) is 6.26 Å². The molecule has 1 aromatic carbocycles. The highest BCUT2D eigenvalue weighted by atomic mass is 32.2. The third-order valence-electron chi connectivity index (χ3n) is 2.89. The quantitative estimate of drug-likeness (QED) is 0.632. The van der Waals surface area contributed by atoms with Gasteiger partial charge in [0.2, 0.25) is 0 Å². The summed E-state index contributed by atoms with van der Waals surface area (Å²) in [5.74, 6) is 0. The Morgan fingerprint density at radius 3 is 2.35 bits per heavy atom. The van der Waals surface area contributed by atoms with Gasteiger partial charge in [-0.1, -0.05) is 6.92 Å². The molecule has 0 spiro atoms. The Hall–Kier alpha value is -2.22. The Morgan fingerprint density at radius 1 is 1.30 bits per heavy atom. The fourth-order valence-corrected chi connectivity index (χ4v) is 2.54. The van der Waals surface area contributed by atoms with E-state index < -0.39 is 14.8 Å². The van der Waals surface area contributed by atoms with Gasteiger partial charge < -0.3 is 0 Å². The Morgan fingerprint density at radius 2 is 1.90 bits per heavy atom. The molecule has 0 N–H and O–H groups in total. The molecule has 106 valence electrons. The molecule has 0 radical (unpaired) electrons. The van der Waals surface area contributed by atoms with Crippen LogP contribution in [0.1, 0.15) is 12.6 Å². The van der Waals surface area contributed by atoms with Crippen LogP contribution in [0.3, 0.4) is 0 Å². The van der Waals surface area contributed by atoms with Crippen molar-refractivity contribution >= 4 is 15.5 Å². The molecule has 2 rings (SSSR count). The van der Waals surface area contributed by atoms with Crippen LogP contribution in [-0.4, -0.2) is 29.4 Å². The Kier molecular flexibility index (Phi) is 3.58. The van der Waals surface area contributed by atoms with Crippen LogP contribution in [0.25, 0.3) is 5.69 Å².